The molecule has 0 saturated heterocycles. The predicted molar refractivity (Wildman–Crippen MR) is 226 cm³/mol. The van der Waals surface area contributed by atoms with Gasteiger partial charge in [-0.05, 0) is 6.07 Å². The molecule has 1 aliphatic rings. The van der Waals surface area contributed by atoms with Gasteiger partial charge in [0.2, 0.25) is 0 Å². The van der Waals surface area contributed by atoms with Crippen molar-refractivity contribution in [2.24, 2.45) is 0 Å². The Hall–Kier alpha value is -6.07. The van der Waals surface area contributed by atoms with Crippen molar-refractivity contribution in [2.75, 3.05) is 0 Å². The van der Waals surface area contributed by atoms with Crippen molar-refractivity contribution in [3.05, 3.63) is 155 Å². The quantitative estimate of drug-likeness (QED) is 0.129. The molecular weight excluding hydrogens is 645 g/mol. The van der Waals surface area contributed by atoms with Crippen molar-refractivity contribution in [1.82, 2.24) is 14.5 Å². The summed E-state index contributed by atoms with van der Waals surface area (Å²) in [5, 5.41) is 4.72. The molecule has 0 atom stereocenters. The third-order valence-electron chi connectivity index (χ3n) is 10.9. The van der Waals surface area contributed by atoms with Crippen LogP contribution in [0.25, 0.3) is 77.9 Å². The number of nitrogens with zero attached hydrogens (tertiary/aromatic N) is 3. The van der Waals surface area contributed by atoms with Crippen molar-refractivity contribution in [3.63, 3.8) is 0 Å². The van der Waals surface area contributed by atoms with Crippen LogP contribution in [-0.2, 0) is 5.41 Å². The minimum atomic E-state index is -0.273. The van der Waals surface area contributed by atoms with Crippen LogP contribution in [0.2, 0.25) is 6.82 Å². The number of allylic oxidation sites excluding steroid dienone is 5. The monoisotopic (exact) mass is 685 g/mol. The Morgan fingerprint density at radius 2 is 1.55 bits per heavy atom. The molecule has 0 aliphatic carbocycles. The standard InChI is InChI=1S/C48H40BN3O/c1-7-15-35-40(28-49-6)50-47(29(3)26-30(8-2)33-20-13-17-31-16-9-10-18-34(31)33)51-43(35)32-24-25-41-39(27-32)48(4,5)38-22-14-21-37-44(38)52(41)45-36-19-11-12-23-42(36)53-46(37)45/h7-28H,1-6H3/b15-7-,29-26+,30-8+. The fraction of sp³-hybridized carbons (Fsp3) is 0.146. The van der Waals surface area contributed by atoms with Gasteiger partial charge >= 0.3 is 294 Å². The molecule has 3 aromatic heterocycles. The fourth-order valence-corrected chi connectivity index (χ4v) is 8.38. The van der Waals surface area contributed by atoms with E-state index < -0.39 is 0 Å². The fourth-order valence-electron chi connectivity index (χ4n) is 8.38. The summed E-state index contributed by atoms with van der Waals surface area (Å²) in [7, 11) is 0. The number of benzene rings is 5. The summed E-state index contributed by atoms with van der Waals surface area (Å²) in [6.45, 7) is 15.0. The predicted octanol–water partition coefficient (Wildman–Crippen LogP) is 12.2. The van der Waals surface area contributed by atoms with Crippen LogP contribution in [0.4, 0.5) is 0 Å². The Kier molecular flexibility index (Phi) is 7.78. The molecule has 256 valence electrons. The molecule has 53 heavy (non-hydrogen) atoms. The maximum absolute atomic E-state index is 6.55. The van der Waals surface area contributed by atoms with Crippen LogP contribution in [0, 0.1) is 0 Å². The summed E-state index contributed by atoms with van der Waals surface area (Å²) in [5.41, 5.74) is 14.8. The second-order valence-corrected chi connectivity index (χ2v) is 14.5. The van der Waals surface area contributed by atoms with Gasteiger partial charge in [0.25, 0.3) is 0 Å². The zero-order valence-electron chi connectivity index (χ0n) is 31.0. The van der Waals surface area contributed by atoms with Gasteiger partial charge in [0.15, 0.2) is 0 Å². The van der Waals surface area contributed by atoms with Crippen LogP contribution >= 0.6 is 0 Å². The Bertz CT molecular complexity index is 2910. The number of fused-ring (bicyclic) bond motifs is 8. The summed E-state index contributed by atoms with van der Waals surface area (Å²) in [5.74, 6) is 2.80. The van der Waals surface area contributed by atoms with Gasteiger partial charge in [0.05, 0.1) is 0 Å². The molecule has 0 bridgehead atoms. The topological polar surface area (TPSA) is 43.9 Å². The summed E-state index contributed by atoms with van der Waals surface area (Å²) in [6.07, 6.45) is 8.61. The molecule has 5 aromatic carbocycles. The molecule has 8 aromatic rings. The van der Waals surface area contributed by atoms with Gasteiger partial charge in [-0.15, -0.1) is 0 Å². The first-order valence-corrected chi connectivity index (χ1v) is 18.4. The van der Waals surface area contributed by atoms with E-state index in [-0.39, 0.29) is 5.41 Å². The van der Waals surface area contributed by atoms with Gasteiger partial charge < -0.3 is 0 Å². The van der Waals surface area contributed by atoms with Crippen LogP contribution in [0.5, 0.6) is 0 Å². The van der Waals surface area contributed by atoms with Crippen LogP contribution in [0.15, 0.2) is 126 Å². The zero-order chi connectivity index (χ0) is 36.4. The second kappa shape index (κ2) is 12.6. The molecule has 0 saturated carbocycles. The Balaban J connectivity index is 1.25. The Morgan fingerprint density at radius 3 is 2.36 bits per heavy atom. The Morgan fingerprint density at radius 1 is 0.792 bits per heavy atom. The number of rotatable bonds is 6. The van der Waals surface area contributed by atoms with Gasteiger partial charge in [0, 0.05) is 0 Å². The summed E-state index contributed by atoms with van der Waals surface area (Å²) >= 11 is 0. The number of para-hydroxylation sites is 2. The molecule has 0 amide bonds. The van der Waals surface area contributed by atoms with Crippen LogP contribution in [0.1, 0.15) is 68.4 Å². The first kappa shape index (κ1) is 32.8. The first-order chi connectivity index (χ1) is 25.8. The SMILES string of the molecule is CB=Cc1nc(/C(C)=C/C(=C\C)c2cccc3ccccc23)nc(-c2ccc3c(c2)C(C)(C)c2cccc4c5oc6ccccc6c5n-3c24)c1/C=C\C. The molecule has 5 heteroatoms. The van der Waals surface area contributed by atoms with Crippen LogP contribution in [-0.4, -0.2) is 27.4 Å². The van der Waals surface area contributed by atoms with E-state index in [0.29, 0.717) is 5.82 Å². The average molecular weight is 686 g/mol. The molecule has 0 spiro atoms. The van der Waals surface area contributed by atoms with Crippen molar-refractivity contribution in [2.45, 2.75) is 46.9 Å². The molecule has 0 N–H and O–H groups in total. The van der Waals surface area contributed by atoms with E-state index >= 15 is 0 Å². The van der Waals surface area contributed by atoms with Crippen molar-refractivity contribution < 1.29 is 4.42 Å². The molecule has 4 heterocycles. The summed E-state index contributed by atoms with van der Waals surface area (Å²) < 4.78 is 8.97. The molecule has 1 aliphatic heterocycles. The van der Waals surface area contributed by atoms with Crippen molar-refractivity contribution in [3.8, 4) is 16.9 Å². The second-order valence-electron chi connectivity index (χ2n) is 14.5. The number of aromatic nitrogens is 3. The average Bonchev–Trinajstić information content (AvgIpc) is 3.72. The Labute approximate surface area is 310 Å². The van der Waals surface area contributed by atoms with E-state index in [1.165, 1.54) is 38.7 Å². The summed E-state index contributed by atoms with van der Waals surface area (Å²) in [4.78, 5) is 10.6. The van der Waals surface area contributed by atoms with Crippen LogP contribution in [0.3, 0.4) is 0 Å². The minimum absolute atomic E-state index is 0.273. The van der Waals surface area contributed by atoms with E-state index in [2.05, 4.69) is 173 Å². The molecular formula is C48H40BN3O. The third kappa shape index (κ3) is 5.02. The van der Waals surface area contributed by atoms with Crippen molar-refractivity contribution >= 4 is 73.9 Å². The van der Waals surface area contributed by atoms with E-state index in [0.717, 1.165) is 61.1 Å². The van der Waals surface area contributed by atoms with Gasteiger partial charge in [-0.1, -0.05) is 12.1 Å². The van der Waals surface area contributed by atoms with Crippen molar-refractivity contribution in [1.29, 1.82) is 0 Å². The molecule has 4 nitrogen and oxygen atoms in total. The number of hydrogen-bond acceptors (Lipinski definition) is 3. The number of furan rings is 1. The maximum atomic E-state index is 6.55. The van der Waals surface area contributed by atoms with E-state index in [4.69, 9.17) is 14.4 Å². The van der Waals surface area contributed by atoms with Gasteiger partial charge in [-0.3, -0.25) is 0 Å². The van der Waals surface area contributed by atoms with Crippen LogP contribution < -0.4 is 0 Å². The third-order valence-corrected chi connectivity index (χ3v) is 10.9. The molecule has 0 unspecified atom stereocenters. The first-order valence-electron chi connectivity index (χ1n) is 18.4. The molecule has 0 fully saturated rings. The summed E-state index contributed by atoms with van der Waals surface area (Å²) in [6, 6.07) is 36.9. The normalized spacial score (nSPS) is 14.3. The number of hydrogen-bond donors (Lipinski definition) is 0. The van der Waals surface area contributed by atoms with Gasteiger partial charge in [-0.25, -0.2) is 0 Å². The van der Waals surface area contributed by atoms with E-state index in [1.54, 1.807) is 0 Å². The van der Waals surface area contributed by atoms with E-state index in [9.17, 15) is 0 Å². The molecule has 0 radical (unpaired) electrons. The van der Waals surface area contributed by atoms with E-state index in [1.807, 2.05) is 12.9 Å². The molecule has 9 rings (SSSR count). The van der Waals surface area contributed by atoms with Gasteiger partial charge in [0.1, 0.15) is 0 Å². The zero-order valence-corrected chi connectivity index (χ0v) is 31.0. The van der Waals surface area contributed by atoms with Gasteiger partial charge in [-0.2, -0.15) is 0 Å².